The van der Waals surface area contributed by atoms with Gasteiger partial charge in [-0.15, -0.1) is 0 Å². The van der Waals surface area contributed by atoms with Gasteiger partial charge in [0.05, 0.1) is 13.2 Å². The Morgan fingerprint density at radius 3 is 2.81 bits per heavy atom. The van der Waals surface area contributed by atoms with Gasteiger partial charge in [-0.25, -0.2) is 0 Å². The molecule has 2 aromatic rings. The third-order valence-corrected chi connectivity index (χ3v) is 3.82. The fourth-order valence-corrected chi connectivity index (χ4v) is 2.65. The molecule has 0 saturated carbocycles. The van der Waals surface area contributed by atoms with Crippen molar-refractivity contribution in [3.05, 3.63) is 52.9 Å². The van der Waals surface area contributed by atoms with E-state index in [1.54, 1.807) is 4.90 Å². The van der Waals surface area contributed by atoms with Gasteiger partial charge in [0.15, 0.2) is 5.15 Å². The van der Waals surface area contributed by atoms with Crippen LogP contribution >= 0.6 is 11.6 Å². The maximum absolute atomic E-state index is 12.4. The van der Waals surface area contributed by atoms with E-state index < -0.39 is 5.60 Å². The van der Waals surface area contributed by atoms with Crippen LogP contribution in [0.25, 0.3) is 0 Å². The number of aromatic nitrogens is 1. The first-order chi connectivity index (χ1) is 10.1. The average molecular weight is 307 g/mol. The van der Waals surface area contributed by atoms with E-state index in [1.165, 1.54) is 6.07 Å². The van der Waals surface area contributed by atoms with E-state index in [0.29, 0.717) is 19.7 Å². The zero-order valence-electron chi connectivity index (χ0n) is 11.6. The molecule has 1 fully saturated rings. The van der Waals surface area contributed by atoms with Gasteiger partial charge in [0.25, 0.3) is 5.91 Å². The number of morpholine rings is 1. The first kappa shape index (κ1) is 14.1. The Bertz CT molecular complexity index is 643. The lowest BCUT2D eigenvalue weighted by Gasteiger charge is -2.40. The zero-order valence-corrected chi connectivity index (χ0v) is 12.3. The van der Waals surface area contributed by atoms with Crippen LogP contribution in [0.3, 0.4) is 0 Å². The predicted molar refractivity (Wildman–Crippen MR) is 77.2 cm³/mol. The van der Waals surface area contributed by atoms with Crippen molar-refractivity contribution in [2.45, 2.75) is 12.5 Å². The number of ether oxygens (including phenoxy) is 1. The normalized spacial score (nSPS) is 22.3. The number of benzene rings is 1. The molecule has 5 nitrogen and oxygen atoms in total. The minimum atomic E-state index is -0.529. The lowest BCUT2D eigenvalue weighted by Crippen LogP contribution is -2.50. The topological polar surface area (TPSA) is 55.6 Å². The summed E-state index contributed by atoms with van der Waals surface area (Å²) in [4.78, 5) is 14.1. The number of hydrogen-bond donors (Lipinski definition) is 0. The highest BCUT2D eigenvalue weighted by molar-refractivity contribution is 6.29. The van der Waals surface area contributed by atoms with Crippen molar-refractivity contribution in [2.75, 3.05) is 19.7 Å². The van der Waals surface area contributed by atoms with Crippen molar-refractivity contribution in [2.24, 2.45) is 0 Å². The number of carbonyl (C=O) groups excluding carboxylic acids is 1. The summed E-state index contributed by atoms with van der Waals surface area (Å²) in [5.74, 6) is -0.0721. The Hall–Kier alpha value is -1.85. The molecular weight excluding hydrogens is 292 g/mol. The van der Waals surface area contributed by atoms with Gasteiger partial charge in [-0.2, -0.15) is 0 Å². The first-order valence-corrected chi connectivity index (χ1v) is 7.07. The van der Waals surface area contributed by atoms with Crippen LogP contribution in [-0.4, -0.2) is 35.7 Å². The molecule has 0 aliphatic carbocycles. The van der Waals surface area contributed by atoms with Gasteiger partial charge in [0.1, 0.15) is 5.60 Å². The van der Waals surface area contributed by atoms with Gasteiger partial charge in [-0.3, -0.25) is 4.79 Å². The van der Waals surface area contributed by atoms with Crippen molar-refractivity contribution >= 4 is 17.5 Å². The minimum absolute atomic E-state index is 0.150. The minimum Gasteiger partial charge on any atom is -0.367 e. The van der Waals surface area contributed by atoms with Gasteiger partial charge < -0.3 is 14.2 Å². The number of halogens is 1. The number of carbonyl (C=O) groups is 1. The molecule has 0 bridgehead atoms. The molecule has 0 radical (unpaired) electrons. The number of amides is 1. The largest absolute Gasteiger partial charge is 0.367 e. The molecular formula is C15H15ClN2O3. The first-order valence-electron chi connectivity index (χ1n) is 6.69. The molecule has 1 aliphatic rings. The highest BCUT2D eigenvalue weighted by Crippen LogP contribution is 2.30. The summed E-state index contributed by atoms with van der Waals surface area (Å²) in [6.45, 7) is 3.42. The van der Waals surface area contributed by atoms with Gasteiger partial charge in [-0.1, -0.05) is 47.1 Å². The van der Waals surface area contributed by atoms with E-state index >= 15 is 0 Å². The van der Waals surface area contributed by atoms with Crippen molar-refractivity contribution in [1.29, 1.82) is 0 Å². The van der Waals surface area contributed by atoms with Crippen LogP contribution in [0.4, 0.5) is 0 Å². The van der Waals surface area contributed by atoms with Gasteiger partial charge in [0, 0.05) is 12.6 Å². The molecule has 1 aliphatic heterocycles. The highest BCUT2D eigenvalue weighted by atomic mass is 35.5. The van der Waals surface area contributed by atoms with Crippen molar-refractivity contribution in [3.63, 3.8) is 0 Å². The molecule has 0 spiro atoms. The standard InChI is InChI=1S/C15H15ClN2O3/c1-15(11-5-3-2-4-6-11)10-18(7-8-20-15)14(19)12-9-13(16)17-21-12/h2-6,9H,7-8,10H2,1H3/t15-/m0/s1. The maximum atomic E-state index is 12.4. The Kier molecular flexibility index (Phi) is 3.69. The molecule has 1 aromatic carbocycles. The third kappa shape index (κ3) is 2.80. The number of nitrogens with zero attached hydrogens (tertiary/aromatic N) is 2. The molecule has 3 rings (SSSR count). The molecule has 2 heterocycles. The monoisotopic (exact) mass is 306 g/mol. The average Bonchev–Trinajstić information content (AvgIpc) is 2.94. The second-order valence-electron chi connectivity index (χ2n) is 5.19. The van der Waals surface area contributed by atoms with Crippen molar-refractivity contribution in [3.8, 4) is 0 Å². The van der Waals surface area contributed by atoms with Gasteiger partial charge in [-0.05, 0) is 12.5 Å². The summed E-state index contributed by atoms with van der Waals surface area (Å²) in [6.07, 6.45) is 0. The lowest BCUT2D eigenvalue weighted by molar-refractivity contribution is -0.0936. The summed E-state index contributed by atoms with van der Waals surface area (Å²) in [6, 6.07) is 11.3. The highest BCUT2D eigenvalue weighted by Gasteiger charge is 2.36. The van der Waals surface area contributed by atoms with Gasteiger partial charge >= 0.3 is 0 Å². The molecule has 0 N–H and O–H groups in total. The predicted octanol–water partition coefficient (Wildman–Crippen LogP) is 2.72. The summed E-state index contributed by atoms with van der Waals surface area (Å²) in [5.41, 5.74) is 0.511. The van der Waals surface area contributed by atoms with Crippen molar-refractivity contribution < 1.29 is 14.1 Å². The van der Waals surface area contributed by atoms with Crippen LogP contribution in [0.1, 0.15) is 23.0 Å². The van der Waals surface area contributed by atoms with E-state index in [2.05, 4.69) is 5.16 Å². The number of hydrogen-bond acceptors (Lipinski definition) is 4. The summed E-state index contributed by atoms with van der Waals surface area (Å²) < 4.78 is 10.8. The van der Waals surface area contributed by atoms with E-state index in [1.807, 2.05) is 37.3 Å². The van der Waals surface area contributed by atoms with Crippen LogP contribution in [0.2, 0.25) is 5.15 Å². The Morgan fingerprint density at radius 2 is 2.14 bits per heavy atom. The van der Waals surface area contributed by atoms with Crippen molar-refractivity contribution in [1.82, 2.24) is 10.1 Å². The zero-order chi connectivity index (χ0) is 14.9. The second kappa shape index (κ2) is 5.50. The van der Waals surface area contributed by atoms with Crippen LogP contribution in [0.5, 0.6) is 0 Å². The third-order valence-electron chi connectivity index (χ3n) is 3.64. The summed E-state index contributed by atoms with van der Waals surface area (Å²) >= 11 is 5.70. The fourth-order valence-electron chi connectivity index (χ4n) is 2.52. The molecule has 1 aromatic heterocycles. The van der Waals surface area contributed by atoms with E-state index in [0.717, 1.165) is 5.56 Å². The van der Waals surface area contributed by atoms with Gasteiger partial charge in [0.2, 0.25) is 5.76 Å². The smallest absolute Gasteiger partial charge is 0.292 e. The van der Waals surface area contributed by atoms with Crippen LogP contribution in [-0.2, 0) is 10.3 Å². The second-order valence-corrected chi connectivity index (χ2v) is 5.57. The van der Waals surface area contributed by atoms with Crippen LogP contribution in [0.15, 0.2) is 40.9 Å². The molecule has 1 atom stereocenters. The van der Waals surface area contributed by atoms with E-state index in [9.17, 15) is 4.79 Å². The van der Waals surface area contributed by atoms with E-state index in [4.69, 9.17) is 20.9 Å². The maximum Gasteiger partial charge on any atom is 0.292 e. The molecule has 21 heavy (non-hydrogen) atoms. The van der Waals surface area contributed by atoms with Crippen LogP contribution < -0.4 is 0 Å². The Balaban J connectivity index is 1.81. The molecule has 6 heteroatoms. The van der Waals surface area contributed by atoms with E-state index in [-0.39, 0.29) is 16.8 Å². The molecule has 1 saturated heterocycles. The fraction of sp³-hybridized carbons (Fsp3) is 0.333. The lowest BCUT2D eigenvalue weighted by atomic mass is 9.94. The quantitative estimate of drug-likeness (QED) is 0.856. The summed E-state index contributed by atoms with van der Waals surface area (Å²) in [5, 5.41) is 3.72. The molecule has 0 unspecified atom stereocenters. The summed E-state index contributed by atoms with van der Waals surface area (Å²) in [7, 11) is 0. The number of rotatable bonds is 2. The Labute approximate surface area is 127 Å². The Morgan fingerprint density at radius 1 is 1.38 bits per heavy atom. The molecule has 110 valence electrons. The SMILES string of the molecule is C[C@@]1(c2ccccc2)CN(C(=O)c2cc(Cl)no2)CCO1. The molecule has 1 amide bonds. The van der Waals surface area contributed by atoms with Crippen LogP contribution in [0, 0.1) is 0 Å².